The standard InChI is InChI=1S/C28H37BrN6O2/c1-28(2,3)37-27(36)35-15-13-34(14-16-35)26-10-7-20(19-31-26)23-18-24(30-11-6-12-33(4)5)22-9-8-21(29)17-25(22)32-23/h7-10,17-19H,6,11-16H2,1-5H3,(H,30,32). The maximum atomic E-state index is 12.4. The number of piperazine rings is 1. The average molecular weight is 570 g/mol. The molecule has 0 unspecified atom stereocenters. The number of hydrogen-bond donors (Lipinski definition) is 1. The molecule has 0 bridgehead atoms. The minimum atomic E-state index is -0.486. The summed E-state index contributed by atoms with van der Waals surface area (Å²) in [6.07, 6.45) is 2.69. The van der Waals surface area contributed by atoms with Gasteiger partial charge in [-0.1, -0.05) is 15.9 Å². The lowest BCUT2D eigenvalue weighted by Crippen LogP contribution is -2.50. The summed E-state index contributed by atoms with van der Waals surface area (Å²) in [6, 6.07) is 12.4. The lowest BCUT2D eigenvalue weighted by Gasteiger charge is -2.36. The zero-order valence-corrected chi connectivity index (χ0v) is 24.0. The van der Waals surface area contributed by atoms with Crippen LogP contribution in [0.15, 0.2) is 47.1 Å². The summed E-state index contributed by atoms with van der Waals surface area (Å²) < 4.78 is 6.51. The van der Waals surface area contributed by atoms with Crippen molar-refractivity contribution in [3.8, 4) is 11.3 Å². The van der Waals surface area contributed by atoms with Gasteiger partial charge in [-0.2, -0.15) is 0 Å². The highest BCUT2D eigenvalue weighted by atomic mass is 79.9. The molecule has 1 saturated heterocycles. The SMILES string of the molecule is CN(C)CCCNc1cc(-c2ccc(N3CCN(C(=O)OC(C)(C)C)CC3)nc2)nc2cc(Br)ccc12. The number of carbonyl (C=O) groups is 1. The Kier molecular flexibility index (Phi) is 8.54. The number of nitrogens with one attached hydrogen (secondary N) is 1. The van der Waals surface area contributed by atoms with E-state index in [9.17, 15) is 4.79 Å². The molecule has 9 heteroatoms. The van der Waals surface area contributed by atoms with Crippen molar-refractivity contribution in [3.05, 3.63) is 47.1 Å². The van der Waals surface area contributed by atoms with Crippen molar-refractivity contribution in [3.63, 3.8) is 0 Å². The molecule has 8 nitrogen and oxygen atoms in total. The van der Waals surface area contributed by atoms with Crippen LogP contribution in [0.5, 0.6) is 0 Å². The van der Waals surface area contributed by atoms with E-state index < -0.39 is 5.60 Å². The number of carbonyl (C=O) groups excluding carboxylic acids is 1. The van der Waals surface area contributed by atoms with Gasteiger partial charge in [-0.15, -0.1) is 0 Å². The smallest absolute Gasteiger partial charge is 0.410 e. The van der Waals surface area contributed by atoms with Gasteiger partial charge in [0, 0.05) is 60.0 Å². The molecule has 0 radical (unpaired) electrons. The number of amides is 1. The first-order chi connectivity index (χ1) is 17.6. The van der Waals surface area contributed by atoms with Gasteiger partial charge in [0.25, 0.3) is 0 Å². The molecule has 1 N–H and O–H groups in total. The fourth-order valence-corrected chi connectivity index (χ4v) is 4.63. The van der Waals surface area contributed by atoms with E-state index in [1.54, 1.807) is 4.90 Å². The van der Waals surface area contributed by atoms with E-state index in [1.165, 1.54) is 0 Å². The Morgan fingerprint density at radius 2 is 1.86 bits per heavy atom. The van der Waals surface area contributed by atoms with Crippen LogP contribution in [0, 0.1) is 0 Å². The summed E-state index contributed by atoms with van der Waals surface area (Å²) in [5, 5.41) is 4.71. The first-order valence-electron chi connectivity index (χ1n) is 12.8. The molecular weight excluding hydrogens is 532 g/mol. The van der Waals surface area contributed by atoms with Crippen LogP contribution in [0.25, 0.3) is 22.2 Å². The van der Waals surface area contributed by atoms with Crippen molar-refractivity contribution in [1.29, 1.82) is 0 Å². The second-order valence-electron chi connectivity index (χ2n) is 10.7. The number of benzene rings is 1. The van der Waals surface area contributed by atoms with Gasteiger partial charge < -0.3 is 24.8 Å². The number of nitrogens with zero attached hydrogens (tertiary/aromatic N) is 5. The van der Waals surface area contributed by atoms with E-state index in [0.717, 1.165) is 70.7 Å². The highest BCUT2D eigenvalue weighted by Gasteiger charge is 2.26. The molecule has 0 atom stereocenters. The molecule has 1 aliphatic heterocycles. The van der Waals surface area contributed by atoms with E-state index in [-0.39, 0.29) is 6.09 Å². The Balaban J connectivity index is 1.47. The number of ether oxygens (including phenoxy) is 1. The van der Waals surface area contributed by atoms with Gasteiger partial charge in [-0.3, -0.25) is 0 Å². The van der Waals surface area contributed by atoms with Crippen LogP contribution in [-0.4, -0.2) is 84.8 Å². The van der Waals surface area contributed by atoms with Gasteiger partial charge in [0.15, 0.2) is 0 Å². The van der Waals surface area contributed by atoms with Crippen molar-refractivity contribution in [2.45, 2.75) is 32.8 Å². The zero-order chi connectivity index (χ0) is 26.6. The van der Waals surface area contributed by atoms with Gasteiger partial charge in [0.2, 0.25) is 0 Å². The molecule has 1 aliphatic rings. The minimum absolute atomic E-state index is 0.254. The predicted octanol–water partition coefficient (Wildman–Crippen LogP) is 5.48. The molecule has 3 heterocycles. The second kappa shape index (κ2) is 11.6. The van der Waals surface area contributed by atoms with E-state index in [1.807, 2.05) is 39.1 Å². The van der Waals surface area contributed by atoms with Gasteiger partial charge in [-0.25, -0.2) is 14.8 Å². The lowest BCUT2D eigenvalue weighted by atomic mass is 10.1. The van der Waals surface area contributed by atoms with Crippen LogP contribution in [0.2, 0.25) is 0 Å². The number of aromatic nitrogens is 2. The summed E-state index contributed by atoms with van der Waals surface area (Å²) in [6.45, 7) is 10.2. The van der Waals surface area contributed by atoms with Crippen LogP contribution < -0.4 is 10.2 Å². The molecule has 1 aromatic carbocycles. The second-order valence-corrected chi connectivity index (χ2v) is 11.6. The molecule has 0 aliphatic carbocycles. The Morgan fingerprint density at radius 1 is 1.11 bits per heavy atom. The third-order valence-corrected chi connectivity index (χ3v) is 6.66. The zero-order valence-electron chi connectivity index (χ0n) is 22.4. The van der Waals surface area contributed by atoms with Crippen LogP contribution >= 0.6 is 15.9 Å². The molecule has 198 valence electrons. The van der Waals surface area contributed by atoms with Crippen molar-refractivity contribution in [1.82, 2.24) is 19.8 Å². The van der Waals surface area contributed by atoms with Crippen LogP contribution in [0.1, 0.15) is 27.2 Å². The van der Waals surface area contributed by atoms with Gasteiger partial charge >= 0.3 is 6.09 Å². The first-order valence-corrected chi connectivity index (χ1v) is 13.6. The number of hydrogen-bond acceptors (Lipinski definition) is 7. The number of pyridine rings is 2. The van der Waals surface area contributed by atoms with E-state index in [2.05, 4.69) is 69.4 Å². The van der Waals surface area contributed by atoms with Crippen LogP contribution in [0.4, 0.5) is 16.3 Å². The number of halogens is 1. The van der Waals surface area contributed by atoms with Gasteiger partial charge in [0.05, 0.1) is 11.2 Å². The van der Waals surface area contributed by atoms with Crippen LogP contribution in [-0.2, 0) is 4.74 Å². The molecule has 0 saturated carbocycles. The third-order valence-electron chi connectivity index (χ3n) is 6.17. The molecule has 1 fully saturated rings. The monoisotopic (exact) mass is 568 g/mol. The molecule has 37 heavy (non-hydrogen) atoms. The fourth-order valence-electron chi connectivity index (χ4n) is 4.28. The highest BCUT2D eigenvalue weighted by molar-refractivity contribution is 9.10. The maximum Gasteiger partial charge on any atom is 0.410 e. The fraction of sp³-hybridized carbons (Fsp3) is 0.464. The summed E-state index contributed by atoms with van der Waals surface area (Å²) in [5.74, 6) is 0.901. The minimum Gasteiger partial charge on any atom is -0.444 e. The van der Waals surface area contributed by atoms with Gasteiger partial charge in [-0.05, 0) is 84.2 Å². The van der Waals surface area contributed by atoms with E-state index >= 15 is 0 Å². The molecule has 1 amide bonds. The Labute approximate surface area is 228 Å². The topological polar surface area (TPSA) is 73.8 Å². The van der Waals surface area contributed by atoms with E-state index in [4.69, 9.17) is 14.7 Å². The first kappa shape index (κ1) is 27.1. The molecule has 2 aromatic heterocycles. The number of anilines is 2. The quantitative estimate of drug-likeness (QED) is 0.378. The van der Waals surface area contributed by atoms with Crippen molar-refractivity contribution < 1.29 is 9.53 Å². The molecule has 4 rings (SSSR count). The Morgan fingerprint density at radius 3 is 2.51 bits per heavy atom. The summed E-state index contributed by atoms with van der Waals surface area (Å²) in [5.41, 5.74) is 3.38. The molecule has 3 aromatic rings. The van der Waals surface area contributed by atoms with Crippen molar-refractivity contribution in [2.24, 2.45) is 0 Å². The normalized spacial score (nSPS) is 14.4. The molecular formula is C28H37BrN6O2. The summed E-state index contributed by atoms with van der Waals surface area (Å²) in [7, 11) is 4.18. The molecule has 0 spiro atoms. The van der Waals surface area contributed by atoms with Gasteiger partial charge in [0.1, 0.15) is 11.4 Å². The third kappa shape index (κ3) is 7.32. The summed E-state index contributed by atoms with van der Waals surface area (Å²) in [4.78, 5) is 28.2. The Hall–Kier alpha value is -2.91. The highest BCUT2D eigenvalue weighted by Crippen LogP contribution is 2.30. The Bertz CT molecular complexity index is 1220. The van der Waals surface area contributed by atoms with Crippen molar-refractivity contribution >= 4 is 44.4 Å². The lowest BCUT2D eigenvalue weighted by molar-refractivity contribution is 0.0240. The van der Waals surface area contributed by atoms with E-state index in [0.29, 0.717) is 13.1 Å². The number of fused-ring (bicyclic) bond motifs is 1. The van der Waals surface area contributed by atoms with Crippen molar-refractivity contribution in [2.75, 3.05) is 63.6 Å². The summed E-state index contributed by atoms with van der Waals surface area (Å²) >= 11 is 3.58. The van der Waals surface area contributed by atoms with Crippen LogP contribution in [0.3, 0.4) is 0 Å². The largest absolute Gasteiger partial charge is 0.444 e. The number of rotatable bonds is 7. The predicted molar refractivity (Wildman–Crippen MR) is 154 cm³/mol. The maximum absolute atomic E-state index is 12.4. The average Bonchev–Trinajstić information content (AvgIpc) is 2.85.